The Morgan fingerprint density at radius 3 is 3.00 bits per heavy atom. The Morgan fingerprint density at radius 2 is 2.25 bits per heavy atom. The van der Waals surface area contributed by atoms with Crippen LogP contribution in [0.25, 0.3) is 0 Å². The first kappa shape index (κ1) is 12.3. The van der Waals surface area contributed by atoms with Gasteiger partial charge in [-0.2, -0.15) is 5.26 Å². The molecule has 0 amide bonds. The third-order valence-electron chi connectivity index (χ3n) is 2.11. The van der Waals surface area contributed by atoms with Crippen LogP contribution in [0.15, 0.2) is 36.9 Å². The maximum atomic E-state index is 8.46. The van der Waals surface area contributed by atoms with E-state index in [0.717, 1.165) is 30.8 Å². The van der Waals surface area contributed by atoms with E-state index in [2.05, 4.69) is 11.9 Å². The van der Waals surface area contributed by atoms with Gasteiger partial charge in [-0.1, -0.05) is 24.3 Å². The van der Waals surface area contributed by atoms with Gasteiger partial charge in [-0.25, -0.2) is 0 Å². The number of nitrogens with one attached hydrogen (secondary N) is 1. The van der Waals surface area contributed by atoms with Crippen molar-refractivity contribution in [2.75, 3.05) is 13.2 Å². The van der Waals surface area contributed by atoms with Gasteiger partial charge in [-0.05, 0) is 19.0 Å². The molecule has 1 rings (SSSR count). The summed E-state index contributed by atoms with van der Waals surface area (Å²) < 4.78 is 5.32. The Hall–Kier alpha value is -1.79. The lowest BCUT2D eigenvalue weighted by molar-refractivity contribution is 0.362. The molecule has 0 bridgehead atoms. The zero-order valence-electron chi connectivity index (χ0n) is 9.28. The topological polar surface area (TPSA) is 45.0 Å². The Bertz CT molecular complexity index is 368. The number of para-hydroxylation sites is 1. The minimum absolute atomic E-state index is 0.0870. The highest BCUT2D eigenvalue weighted by Gasteiger charge is 2.01. The van der Waals surface area contributed by atoms with Gasteiger partial charge in [0.05, 0.1) is 0 Å². The largest absolute Gasteiger partial charge is 0.478 e. The van der Waals surface area contributed by atoms with Crippen LogP contribution in [0, 0.1) is 11.3 Å². The third-order valence-corrected chi connectivity index (χ3v) is 2.11. The van der Waals surface area contributed by atoms with E-state index in [1.165, 1.54) is 0 Å². The standard InChI is InChI=1S/C13H16N2O/c1-2-3-9-15-11-12-6-4-5-7-13(12)16-10-8-14/h2,4-7,15H,1,3,9-11H2. The molecule has 84 valence electrons. The quantitative estimate of drug-likeness (QED) is 0.561. The number of nitriles is 1. The van der Waals surface area contributed by atoms with Crippen LogP contribution in [-0.4, -0.2) is 13.2 Å². The number of hydrogen-bond donors (Lipinski definition) is 1. The van der Waals surface area contributed by atoms with Gasteiger partial charge in [0.15, 0.2) is 6.61 Å². The summed E-state index contributed by atoms with van der Waals surface area (Å²) in [5, 5.41) is 11.7. The van der Waals surface area contributed by atoms with Crippen molar-refractivity contribution in [1.82, 2.24) is 5.32 Å². The number of benzene rings is 1. The van der Waals surface area contributed by atoms with Gasteiger partial charge in [0, 0.05) is 12.1 Å². The second-order valence-electron chi connectivity index (χ2n) is 3.31. The first-order chi connectivity index (χ1) is 7.88. The predicted octanol–water partition coefficient (Wildman–Crippen LogP) is 2.25. The molecule has 0 saturated carbocycles. The normalized spacial score (nSPS) is 9.44. The zero-order chi connectivity index (χ0) is 11.6. The van der Waals surface area contributed by atoms with E-state index in [0.29, 0.717) is 0 Å². The number of nitrogens with zero attached hydrogens (tertiary/aromatic N) is 1. The van der Waals surface area contributed by atoms with Crippen molar-refractivity contribution in [3.63, 3.8) is 0 Å². The summed E-state index contributed by atoms with van der Waals surface area (Å²) in [6.07, 6.45) is 2.83. The lowest BCUT2D eigenvalue weighted by Gasteiger charge is -2.09. The van der Waals surface area contributed by atoms with Crippen LogP contribution < -0.4 is 10.1 Å². The highest BCUT2D eigenvalue weighted by Crippen LogP contribution is 2.17. The summed E-state index contributed by atoms with van der Waals surface area (Å²) in [6.45, 7) is 5.39. The molecule has 0 spiro atoms. The SMILES string of the molecule is C=CCCNCc1ccccc1OCC#N. The van der Waals surface area contributed by atoms with Gasteiger partial charge < -0.3 is 10.1 Å². The molecule has 0 aliphatic rings. The molecule has 0 atom stereocenters. The summed E-state index contributed by atoms with van der Waals surface area (Å²) in [5.74, 6) is 0.773. The van der Waals surface area contributed by atoms with Gasteiger partial charge in [0.25, 0.3) is 0 Å². The summed E-state index contributed by atoms with van der Waals surface area (Å²) in [6, 6.07) is 9.70. The first-order valence-electron chi connectivity index (χ1n) is 5.27. The molecule has 3 heteroatoms. The van der Waals surface area contributed by atoms with Crippen molar-refractivity contribution in [3.05, 3.63) is 42.5 Å². The second kappa shape index (κ2) is 7.49. The highest BCUT2D eigenvalue weighted by atomic mass is 16.5. The average molecular weight is 216 g/mol. The summed E-state index contributed by atoms with van der Waals surface area (Å²) in [5.41, 5.74) is 1.07. The van der Waals surface area contributed by atoms with E-state index < -0.39 is 0 Å². The van der Waals surface area contributed by atoms with Crippen LogP contribution in [0.4, 0.5) is 0 Å². The molecule has 1 aromatic rings. The van der Waals surface area contributed by atoms with Gasteiger partial charge in [0.1, 0.15) is 11.8 Å². The minimum Gasteiger partial charge on any atom is -0.478 e. The molecule has 1 aromatic carbocycles. The molecule has 16 heavy (non-hydrogen) atoms. The van der Waals surface area contributed by atoms with Crippen LogP contribution in [0.2, 0.25) is 0 Å². The maximum absolute atomic E-state index is 8.46. The van der Waals surface area contributed by atoms with Crippen molar-refractivity contribution < 1.29 is 4.74 Å². The fraction of sp³-hybridized carbons (Fsp3) is 0.308. The Kier molecular flexibility index (Phi) is 5.75. The molecule has 1 N–H and O–H groups in total. The van der Waals surface area contributed by atoms with Crippen LogP contribution >= 0.6 is 0 Å². The molecule has 0 unspecified atom stereocenters. The molecular weight excluding hydrogens is 200 g/mol. The second-order valence-corrected chi connectivity index (χ2v) is 3.31. The van der Waals surface area contributed by atoms with E-state index in [-0.39, 0.29) is 6.61 Å². The van der Waals surface area contributed by atoms with Crippen molar-refractivity contribution in [2.24, 2.45) is 0 Å². The number of hydrogen-bond acceptors (Lipinski definition) is 3. The van der Waals surface area contributed by atoms with Gasteiger partial charge in [-0.15, -0.1) is 6.58 Å². The average Bonchev–Trinajstić information content (AvgIpc) is 2.33. The number of ether oxygens (including phenoxy) is 1. The minimum atomic E-state index is 0.0870. The Balaban J connectivity index is 2.50. The zero-order valence-corrected chi connectivity index (χ0v) is 9.28. The summed E-state index contributed by atoms with van der Waals surface area (Å²) >= 11 is 0. The molecule has 0 fully saturated rings. The maximum Gasteiger partial charge on any atom is 0.174 e. The van der Waals surface area contributed by atoms with Crippen molar-refractivity contribution in [3.8, 4) is 11.8 Å². The van der Waals surface area contributed by atoms with E-state index in [9.17, 15) is 0 Å². The lowest BCUT2D eigenvalue weighted by atomic mass is 10.2. The molecule has 0 aliphatic carbocycles. The Morgan fingerprint density at radius 1 is 1.44 bits per heavy atom. The van der Waals surface area contributed by atoms with E-state index >= 15 is 0 Å². The molecule has 0 saturated heterocycles. The van der Waals surface area contributed by atoms with Crippen LogP contribution in [0.5, 0.6) is 5.75 Å². The molecule has 0 aliphatic heterocycles. The molecular formula is C13H16N2O. The van der Waals surface area contributed by atoms with Gasteiger partial charge >= 0.3 is 0 Å². The van der Waals surface area contributed by atoms with Crippen LogP contribution in [-0.2, 0) is 6.54 Å². The van der Waals surface area contributed by atoms with Crippen molar-refractivity contribution in [1.29, 1.82) is 5.26 Å². The van der Waals surface area contributed by atoms with Crippen molar-refractivity contribution in [2.45, 2.75) is 13.0 Å². The summed E-state index contributed by atoms with van der Waals surface area (Å²) in [4.78, 5) is 0. The van der Waals surface area contributed by atoms with Gasteiger partial charge in [-0.3, -0.25) is 0 Å². The lowest BCUT2D eigenvalue weighted by Crippen LogP contribution is -2.14. The smallest absolute Gasteiger partial charge is 0.174 e. The Labute approximate surface area is 96.4 Å². The van der Waals surface area contributed by atoms with Crippen molar-refractivity contribution >= 4 is 0 Å². The first-order valence-corrected chi connectivity index (χ1v) is 5.27. The van der Waals surface area contributed by atoms with Crippen LogP contribution in [0.1, 0.15) is 12.0 Å². The monoisotopic (exact) mass is 216 g/mol. The van der Waals surface area contributed by atoms with Gasteiger partial charge in [0.2, 0.25) is 0 Å². The number of rotatable bonds is 7. The molecule has 0 heterocycles. The molecule has 3 nitrogen and oxygen atoms in total. The molecule has 0 radical (unpaired) electrons. The van der Waals surface area contributed by atoms with Crippen LogP contribution in [0.3, 0.4) is 0 Å². The fourth-order valence-corrected chi connectivity index (χ4v) is 1.33. The highest BCUT2D eigenvalue weighted by molar-refractivity contribution is 5.33. The predicted molar refractivity (Wildman–Crippen MR) is 64.1 cm³/mol. The van der Waals surface area contributed by atoms with E-state index in [4.69, 9.17) is 10.00 Å². The van der Waals surface area contributed by atoms with E-state index in [1.807, 2.05) is 36.4 Å². The third kappa shape index (κ3) is 4.16. The van der Waals surface area contributed by atoms with E-state index in [1.54, 1.807) is 0 Å². The molecule has 0 aromatic heterocycles. The fourth-order valence-electron chi connectivity index (χ4n) is 1.33. The summed E-state index contributed by atoms with van der Waals surface area (Å²) in [7, 11) is 0.